The van der Waals surface area contributed by atoms with Crippen molar-refractivity contribution in [3.8, 4) is 11.8 Å². The fraction of sp³-hybridized carbons (Fsp3) is 0. The second-order valence-electron chi connectivity index (χ2n) is 4.73. The van der Waals surface area contributed by atoms with E-state index in [1.807, 2.05) is 30.3 Å². The van der Waals surface area contributed by atoms with Gasteiger partial charge in [-0.05, 0) is 30.2 Å². The average Bonchev–Trinajstić information content (AvgIpc) is 3.15. The van der Waals surface area contributed by atoms with E-state index < -0.39 is 5.97 Å². The molecule has 0 atom stereocenters. The van der Waals surface area contributed by atoms with Crippen LogP contribution in [0.1, 0.15) is 27.6 Å². The van der Waals surface area contributed by atoms with Gasteiger partial charge in [-0.2, -0.15) is 0 Å². The van der Waals surface area contributed by atoms with Gasteiger partial charge in [0.2, 0.25) is 5.76 Å². The number of hydrogen-bond acceptors (Lipinski definition) is 6. The van der Waals surface area contributed by atoms with Crippen LogP contribution in [0.4, 0.5) is 0 Å². The van der Waals surface area contributed by atoms with E-state index in [4.69, 9.17) is 15.0 Å². The normalized spacial score (nSPS) is 10.6. The van der Waals surface area contributed by atoms with E-state index in [1.165, 1.54) is 24.7 Å². The lowest BCUT2D eigenvalue weighted by Gasteiger charge is -1.98. The molecule has 7 nitrogen and oxygen atoms in total. The van der Waals surface area contributed by atoms with Crippen LogP contribution in [0.5, 0.6) is 0 Å². The predicted molar refractivity (Wildman–Crippen MR) is 89.3 cm³/mol. The maximum atomic E-state index is 11.9. The number of oxime groups is 1. The van der Waals surface area contributed by atoms with Crippen LogP contribution in [-0.4, -0.2) is 21.8 Å². The number of aromatic nitrogens is 2. The molecule has 0 unspecified atom stereocenters. The van der Waals surface area contributed by atoms with Crippen LogP contribution in [0.2, 0.25) is 0 Å². The van der Waals surface area contributed by atoms with Crippen molar-refractivity contribution in [3.05, 3.63) is 83.8 Å². The van der Waals surface area contributed by atoms with Crippen molar-refractivity contribution in [2.75, 3.05) is 0 Å². The van der Waals surface area contributed by atoms with Crippen LogP contribution < -0.4 is 5.73 Å². The third-order valence-corrected chi connectivity index (χ3v) is 2.96. The SMILES string of the molecule is N/C(=N/OC(=O)c1ccc(C#Cc2ccccc2)o1)c1cnccn1. The van der Waals surface area contributed by atoms with Gasteiger partial charge in [-0.25, -0.2) is 9.78 Å². The summed E-state index contributed by atoms with van der Waals surface area (Å²) in [6, 6.07) is 12.4. The third kappa shape index (κ3) is 4.30. The molecule has 1 aromatic carbocycles. The second kappa shape index (κ2) is 7.57. The molecule has 0 saturated carbocycles. The number of nitrogens with zero attached hydrogens (tertiary/aromatic N) is 3. The first kappa shape index (κ1) is 16.0. The van der Waals surface area contributed by atoms with Gasteiger partial charge in [0.25, 0.3) is 0 Å². The van der Waals surface area contributed by atoms with Crippen molar-refractivity contribution < 1.29 is 14.0 Å². The van der Waals surface area contributed by atoms with Gasteiger partial charge in [0.05, 0.1) is 6.20 Å². The zero-order valence-corrected chi connectivity index (χ0v) is 12.9. The molecule has 0 aliphatic carbocycles. The van der Waals surface area contributed by atoms with Crippen molar-refractivity contribution >= 4 is 11.8 Å². The monoisotopic (exact) mass is 332 g/mol. The molecule has 0 spiro atoms. The van der Waals surface area contributed by atoms with Gasteiger partial charge in [0, 0.05) is 18.0 Å². The molecule has 2 heterocycles. The zero-order valence-electron chi connectivity index (χ0n) is 12.9. The second-order valence-corrected chi connectivity index (χ2v) is 4.73. The summed E-state index contributed by atoms with van der Waals surface area (Å²) in [5.41, 5.74) is 6.79. The van der Waals surface area contributed by atoms with Crippen molar-refractivity contribution in [1.29, 1.82) is 0 Å². The molecule has 0 bridgehead atoms. The molecule has 2 N–H and O–H groups in total. The van der Waals surface area contributed by atoms with Crippen LogP contribution in [0.3, 0.4) is 0 Å². The molecule has 0 saturated heterocycles. The molecule has 3 rings (SSSR count). The Balaban J connectivity index is 1.66. The van der Waals surface area contributed by atoms with Crippen molar-refractivity contribution in [2.45, 2.75) is 0 Å². The number of hydrogen-bond donors (Lipinski definition) is 1. The van der Waals surface area contributed by atoms with Crippen molar-refractivity contribution in [3.63, 3.8) is 0 Å². The molecular weight excluding hydrogens is 320 g/mol. The smallest absolute Gasteiger partial charge is 0.400 e. The van der Waals surface area contributed by atoms with Crippen LogP contribution in [0.15, 0.2) is 70.6 Å². The van der Waals surface area contributed by atoms with Crippen LogP contribution in [-0.2, 0) is 4.84 Å². The summed E-state index contributed by atoms with van der Waals surface area (Å²) in [6.07, 6.45) is 4.34. The Morgan fingerprint density at radius 1 is 1.12 bits per heavy atom. The quantitative estimate of drug-likeness (QED) is 0.258. The third-order valence-electron chi connectivity index (χ3n) is 2.96. The van der Waals surface area contributed by atoms with Gasteiger partial charge < -0.3 is 15.0 Å². The first-order valence-corrected chi connectivity index (χ1v) is 7.20. The van der Waals surface area contributed by atoms with E-state index in [1.54, 1.807) is 6.07 Å². The van der Waals surface area contributed by atoms with Crippen LogP contribution in [0, 0.1) is 11.8 Å². The lowest BCUT2D eigenvalue weighted by molar-refractivity contribution is 0.0479. The molecule has 3 aromatic rings. The van der Waals surface area contributed by atoms with Gasteiger partial charge in [-0.1, -0.05) is 29.3 Å². The Morgan fingerprint density at radius 3 is 2.72 bits per heavy atom. The Labute approximate surface area is 143 Å². The first-order chi connectivity index (χ1) is 12.2. The van der Waals surface area contributed by atoms with Crippen LogP contribution >= 0.6 is 0 Å². The molecular formula is C18H12N4O3. The maximum Gasteiger partial charge on any atom is 0.400 e. The van der Waals surface area contributed by atoms with E-state index in [0.29, 0.717) is 11.5 Å². The maximum absolute atomic E-state index is 11.9. The Kier molecular flexibility index (Phi) is 4.83. The molecule has 122 valence electrons. The fourth-order valence-electron chi connectivity index (χ4n) is 1.78. The highest BCUT2D eigenvalue weighted by molar-refractivity contribution is 5.96. The molecule has 0 amide bonds. The number of furan rings is 1. The highest BCUT2D eigenvalue weighted by Gasteiger charge is 2.13. The number of amidine groups is 1. The molecule has 0 radical (unpaired) electrons. The van der Waals surface area contributed by atoms with E-state index in [2.05, 4.69) is 27.0 Å². The molecule has 2 aromatic heterocycles. The summed E-state index contributed by atoms with van der Waals surface area (Å²) in [5.74, 6) is 5.19. The predicted octanol–water partition coefficient (Wildman–Crippen LogP) is 1.95. The number of rotatable bonds is 3. The fourth-order valence-corrected chi connectivity index (χ4v) is 1.78. The summed E-state index contributed by atoms with van der Waals surface area (Å²) < 4.78 is 5.32. The zero-order chi connectivity index (χ0) is 17.5. The standard InChI is InChI=1S/C18H12N4O3/c19-17(15-12-20-10-11-21-15)22-25-18(23)16-9-8-14(24-16)7-6-13-4-2-1-3-5-13/h1-5,8-12H,(H2,19,22). The van der Waals surface area contributed by atoms with Gasteiger partial charge in [0.1, 0.15) is 5.69 Å². The van der Waals surface area contributed by atoms with E-state index >= 15 is 0 Å². The Morgan fingerprint density at radius 2 is 1.96 bits per heavy atom. The minimum Gasteiger partial charge on any atom is -0.441 e. The summed E-state index contributed by atoms with van der Waals surface area (Å²) >= 11 is 0. The minimum atomic E-state index is -0.792. The van der Waals surface area contributed by atoms with E-state index in [9.17, 15) is 4.79 Å². The minimum absolute atomic E-state index is 0.0342. The number of benzene rings is 1. The summed E-state index contributed by atoms with van der Waals surface area (Å²) in [6.45, 7) is 0. The molecule has 25 heavy (non-hydrogen) atoms. The molecule has 0 aliphatic rings. The lowest BCUT2D eigenvalue weighted by Crippen LogP contribution is -2.16. The summed E-state index contributed by atoms with van der Waals surface area (Å²) in [5, 5.41) is 3.52. The molecule has 0 fully saturated rings. The number of carbonyl (C=O) groups is 1. The van der Waals surface area contributed by atoms with Gasteiger partial charge in [0.15, 0.2) is 11.6 Å². The molecule has 7 heteroatoms. The number of nitrogens with two attached hydrogens (primary N) is 1. The van der Waals surface area contributed by atoms with Crippen molar-refractivity contribution in [2.24, 2.45) is 10.9 Å². The summed E-state index contributed by atoms with van der Waals surface area (Å²) in [7, 11) is 0. The van der Waals surface area contributed by atoms with Gasteiger partial charge in [-0.15, -0.1) is 0 Å². The van der Waals surface area contributed by atoms with Gasteiger partial charge >= 0.3 is 5.97 Å². The topological polar surface area (TPSA) is 104 Å². The average molecular weight is 332 g/mol. The first-order valence-electron chi connectivity index (χ1n) is 7.20. The number of carbonyl (C=O) groups excluding carboxylic acids is 1. The summed E-state index contributed by atoms with van der Waals surface area (Å²) in [4.78, 5) is 24.4. The van der Waals surface area contributed by atoms with Gasteiger partial charge in [-0.3, -0.25) is 4.98 Å². The largest absolute Gasteiger partial charge is 0.441 e. The van der Waals surface area contributed by atoms with E-state index in [0.717, 1.165) is 5.56 Å². The van der Waals surface area contributed by atoms with E-state index in [-0.39, 0.29) is 11.6 Å². The Hall–Kier alpha value is -3.92. The van der Waals surface area contributed by atoms with Crippen LogP contribution in [0.25, 0.3) is 0 Å². The Bertz CT molecular complexity index is 954. The van der Waals surface area contributed by atoms with Crippen molar-refractivity contribution in [1.82, 2.24) is 9.97 Å². The lowest BCUT2D eigenvalue weighted by atomic mass is 10.2. The highest BCUT2D eigenvalue weighted by Crippen LogP contribution is 2.09. The molecule has 0 aliphatic heterocycles. The highest BCUT2D eigenvalue weighted by atomic mass is 16.7.